The van der Waals surface area contributed by atoms with E-state index in [0.29, 0.717) is 5.56 Å². The fourth-order valence-electron chi connectivity index (χ4n) is 1.69. The molecule has 0 unspecified atom stereocenters. The number of phenols is 1. The molecule has 0 radical (unpaired) electrons. The summed E-state index contributed by atoms with van der Waals surface area (Å²) >= 11 is 3.00. The molecule has 1 amide bonds. The number of benzene rings is 2. The Kier molecular flexibility index (Phi) is 4.04. The zero-order valence-corrected chi connectivity index (χ0v) is 12.0. The molecule has 2 rings (SSSR count). The number of carbonyl (C=O) groups excluding carboxylic acids is 1. The molecule has 20 heavy (non-hydrogen) atoms. The molecule has 0 saturated heterocycles. The maximum atomic E-state index is 13.2. The molecule has 2 aromatic carbocycles. The molecule has 0 bridgehead atoms. The van der Waals surface area contributed by atoms with Crippen LogP contribution in [0, 0.1) is 18.6 Å². The number of nitrogens with one attached hydrogen (secondary N) is 1. The van der Waals surface area contributed by atoms with Crippen LogP contribution < -0.4 is 5.32 Å². The van der Waals surface area contributed by atoms with Gasteiger partial charge < -0.3 is 10.4 Å². The minimum Gasteiger partial charge on any atom is -0.506 e. The van der Waals surface area contributed by atoms with Crippen LogP contribution in [-0.2, 0) is 0 Å². The molecule has 2 aromatic rings. The minimum absolute atomic E-state index is 0.0634. The lowest BCUT2D eigenvalue weighted by Gasteiger charge is -2.11. The average molecular weight is 342 g/mol. The molecule has 2 N–H and O–H groups in total. The first kappa shape index (κ1) is 14.5. The zero-order valence-electron chi connectivity index (χ0n) is 10.4. The van der Waals surface area contributed by atoms with E-state index in [1.54, 1.807) is 19.1 Å². The van der Waals surface area contributed by atoms with E-state index in [0.717, 1.165) is 12.1 Å². The Morgan fingerprint density at radius 3 is 2.55 bits per heavy atom. The number of para-hydroxylation sites is 1. The third kappa shape index (κ3) is 2.80. The summed E-state index contributed by atoms with van der Waals surface area (Å²) in [5.74, 6) is -2.92. The molecule has 0 aliphatic heterocycles. The number of halogens is 3. The van der Waals surface area contributed by atoms with Crippen molar-refractivity contribution in [3.8, 4) is 5.75 Å². The maximum absolute atomic E-state index is 13.2. The number of hydrogen-bond acceptors (Lipinski definition) is 2. The summed E-state index contributed by atoms with van der Waals surface area (Å²) in [7, 11) is 0. The summed E-state index contributed by atoms with van der Waals surface area (Å²) in [6.45, 7) is 1.70. The van der Waals surface area contributed by atoms with Crippen molar-refractivity contribution in [3.63, 3.8) is 0 Å². The van der Waals surface area contributed by atoms with E-state index in [1.807, 2.05) is 0 Å². The number of aromatic hydroxyl groups is 1. The minimum atomic E-state index is -1.12. The molecular formula is C14H10BrF2NO2. The topological polar surface area (TPSA) is 49.3 Å². The van der Waals surface area contributed by atoms with Crippen molar-refractivity contribution < 1.29 is 18.7 Å². The van der Waals surface area contributed by atoms with Crippen molar-refractivity contribution in [2.45, 2.75) is 6.92 Å². The number of phenolic OH excluding ortho intramolecular Hbond substituents is 1. The van der Waals surface area contributed by atoms with Gasteiger partial charge in [0, 0.05) is 4.47 Å². The molecular weight excluding hydrogens is 332 g/mol. The van der Waals surface area contributed by atoms with Gasteiger partial charge >= 0.3 is 0 Å². The van der Waals surface area contributed by atoms with Gasteiger partial charge in [0.25, 0.3) is 5.91 Å². The van der Waals surface area contributed by atoms with Crippen LogP contribution >= 0.6 is 15.9 Å². The lowest BCUT2D eigenvalue weighted by Crippen LogP contribution is -2.14. The molecule has 0 aromatic heterocycles. The molecule has 0 atom stereocenters. The molecule has 0 spiro atoms. The maximum Gasteiger partial charge on any atom is 0.257 e. The fraction of sp³-hybridized carbons (Fsp3) is 0.0714. The number of amides is 1. The quantitative estimate of drug-likeness (QED) is 0.640. The van der Waals surface area contributed by atoms with Gasteiger partial charge in [-0.1, -0.05) is 12.1 Å². The smallest absolute Gasteiger partial charge is 0.257 e. The number of aryl methyl sites for hydroxylation is 1. The van der Waals surface area contributed by atoms with Gasteiger partial charge in [-0.05, 0) is 46.6 Å². The number of hydrogen-bond donors (Lipinski definition) is 2. The van der Waals surface area contributed by atoms with Crippen molar-refractivity contribution in [2.75, 3.05) is 5.32 Å². The predicted octanol–water partition coefficient (Wildman–Crippen LogP) is 3.99. The van der Waals surface area contributed by atoms with Gasteiger partial charge in [-0.25, -0.2) is 8.78 Å². The van der Waals surface area contributed by atoms with Crippen LogP contribution in [0.5, 0.6) is 5.75 Å². The Balaban J connectivity index is 2.36. The number of anilines is 1. The second kappa shape index (κ2) is 5.58. The second-order valence-corrected chi connectivity index (χ2v) is 5.02. The highest BCUT2D eigenvalue weighted by Gasteiger charge is 2.16. The van der Waals surface area contributed by atoms with Crippen molar-refractivity contribution in [2.24, 2.45) is 0 Å². The molecule has 0 saturated carbocycles. The average Bonchev–Trinajstić information content (AvgIpc) is 2.38. The third-order valence-electron chi connectivity index (χ3n) is 2.74. The van der Waals surface area contributed by atoms with E-state index >= 15 is 0 Å². The normalized spacial score (nSPS) is 10.4. The van der Waals surface area contributed by atoms with Crippen molar-refractivity contribution in [1.29, 1.82) is 0 Å². The monoisotopic (exact) mass is 341 g/mol. The van der Waals surface area contributed by atoms with Crippen molar-refractivity contribution in [1.82, 2.24) is 0 Å². The van der Waals surface area contributed by atoms with E-state index in [9.17, 15) is 18.7 Å². The van der Waals surface area contributed by atoms with Crippen LogP contribution in [0.1, 0.15) is 15.9 Å². The molecule has 6 heteroatoms. The number of rotatable bonds is 2. The lowest BCUT2D eigenvalue weighted by atomic mass is 10.1. The van der Waals surface area contributed by atoms with Crippen LogP contribution in [-0.4, -0.2) is 11.0 Å². The number of carbonyl (C=O) groups is 1. The van der Waals surface area contributed by atoms with Crippen LogP contribution in [0.2, 0.25) is 0 Å². The van der Waals surface area contributed by atoms with E-state index < -0.39 is 17.5 Å². The predicted molar refractivity (Wildman–Crippen MR) is 74.9 cm³/mol. The van der Waals surface area contributed by atoms with Gasteiger partial charge in [0.1, 0.15) is 5.75 Å². The van der Waals surface area contributed by atoms with Crippen LogP contribution in [0.25, 0.3) is 0 Å². The summed E-state index contributed by atoms with van der Waals surface area (Å²) in [5, 5.41) is 12.2. The van der Waals surface area contributed by atoms with E-state index in [-0.39, 0.29) is 21.5 Å². The lowest BCUT2D eigenvalue weighted by molar-refractivity contribution is 0.102. The van der Waals surface area contributed by atoms with Gasteiger partial charge in [0.15, 0.2) is 11.6 Å². The molecule has 0 fully saturated rings. The first-order valence-corrected chi connectivity index (χ1v) is 6.44. The molecule has 0 aliphatic carbocycles. The summed E-state index contributed by atoms with van der Waals surface area (Å²) in [5.41, 5.74) is 0.817. The first-order valence-electron chi connectivity index (χ1n) is 5.64. The van der Waals surface area contributed by atoms with Crippen molar-refractivity contribution >= 4 is 27.5 Å². The fourth-order valence-corrected chi connectivity index (χ4v) is 2.19. The molecule has 104 valence electrons. The highest BCUT2D eigenvalue weighted by molar-refractivity contribution is 9.10. The van der Waals surface area contributed by atoms with Crippen molar-refractivity contribution in [3.05, 3.63) is 57.6 Å². The summed E-state index contributed by atoms with van der Waals surface area (Å²) in [6, 6.07) is 6.43. The summed E-state index contributed by atoms with van der Waals surface area (Å²) in [4.78, 5) is 12.1. The molecule has 0 heterocycles. The van der Waals surface area contributed by atoms with Gasteiger partial charge in [-0.15, -0.1) is 0 Å². The molecule has 0 aliphatic rings. The van der Waals surface area contributed by atoms with Crippen LogP contribution in [0.3, 0.4) is 0 Å². The highest BCUT2D eigenvalue weighted by Crippen LogP contribution is 2.28. The van der Waals surface area contributed by atoms with Gasteiger partial charge in [0.2, 0.25) is 0 Å². The Labute approximate surface area is 122 Å². The van der Waals surface area contributed by atoms with E-state index in [1.165, 1.54) is 6.07 Å². The standard InChI is InChI=1S/C14H10BrF2NO2/c1-7-3-2-4-12(19)13(7)18-14(20)8-5-10(16)11(17)6-9(8)15/h2-6,19H,1H3,(H,18,20). The second-order valence-electron chi connectivity index (χ2n) is 4.17. The molecule has 3 nitrogen and oxygen atoms in total. The summed E-state index contributed by atoms with van der Waals surface area (Å²) in [6.07, 6.45) is 0. The Hall–Kier alpha value is -1.95. The largest absolute Gasteiger partial charge is 0.506 e. The van der Waals surface area contributed by atoms with Gasteiger partial charge in [-0.2, -0.15) is 0 Å². The Morgan fingerprint density at radius 2 is 1.90 bits per heavy atom. The Morgan fingerprint density at radius 1 is 1.25 bits per heavy atom. The SMILES string of the molecule is Cc1cccc(O)c1NC(=O)c1cc(F)c(F)cc1Br. The Bertz CT molecular complexity index is 669. The van der Waals surface area contributed by atoms with Crippen LogP contribution in [0.15, 0.2) is 34.8 Å². The van der Waals surface area contributed by atoms with E-state index in [2.05, 4.69) is 21.2 Å². The zero-order chi connectivity index (χ0) is 14.9. The summed E-state index contributed by atoms with van der Waals surface area (Å²) < 4.78 is 26.3. The van der Waals surface area contributed by atoms with E-state index in [4.69, 9.17) is 0 Å². The van der Waals surface area contributed by atoms with Crippen LogP contribution in [0.4, 0.5) is 14.5 Å². The van der Waals surface area contributed by atoms with Gasteiger partial charge in [-0.3, -0.25) is 4.79 Å². The third-order valence-corrected chi connectivity index (χ3v) is 3.40. The first-order chi connectivity index (χ1) is 9.40. The van der Waals surface area contributed by atoms with Gasteiger partial charge in [0.05, 0.1) is 11.3 Å². The highest BCUT2D eigenvalue weighted by atomic mass is 79.9.